The van der Waals surface area contributed by atoms with Crippen molar-refractivity contribution < 1.29 is 0 Å². The van der Waals surface area contributed by atoms with Crippen LogP contribution in [0.25, 0.3) is 0 Å². The van der Waals surface area contributed by atoms with E-state index in [1.807, 2.05) is 0 Å². The van der Waals surface area contributed by atoms with Crippen molar-refractivity contribution in [3.8, 4) is 0 Å². The fourth-order valence-electron chi connectivity index (χ4n) is 3.07. The molecule has 0 bridgehead atoms. The van der Waals surface area contributed by atoms with Crippen LogP contribution in [-0.2, 0) is 0 Å². The normalized spacial score (nSPS) is 31.0. The predicted molar refractivity (Wildman–Crippen MR) is 74.2 cm³/mol. The number of allylic oxidation sites excluding steroid dienone is 1. The molecule has 1 N–H and O–H groups in total. The highest BCUT2D eigenvalue weighted by Crippen LogP contribution is 2.23. The van der Waals surface area contributed by atoms with E-state index in [1.54, 1.807) is 0 Å². The average Bonchev–Trinajstić information content (AvgIpc) is 2.38. The quantitative estimate of drug-likeness (QED) is 0.755. The van der Waals surface area contributed by atoms with E-state index in [4.69, 9.17) is 0 Å². The number of hydrogen-bond donors (Lipinski definition) is 1. The zero-order chi connectivity index (χ0) is 12.1. The molecule has 98 valence electrons. The molecule has 1 heterocycles. The van der Waals surface area contributed by atoms with Crippen molar-refractivity contribution in [1.82, 2.24) is 10.2 Å². The first-order chi connectivity index (χ1) is 8.25. The van der Waals surface area contributed by atoms with E-state index in [0.717, 1.165) is 12.0 Å². The van der Waals surface area contributed by atoms with Gasteiger partial charge < -0.3 is 5.32 Å². The van der Waals surface area contributed by atoms with Crippen molar-refractivity contribution in [3.05, 3.63) is 12.2 Å². The van der Waals surface area contributed by atoms with Crippen LogP contribution in [-0.4, -0.2) is 36.6 Å². The Morgan fingerprint density at radius 3 is 2.88 bits per heavy atom. The highest BCUT2D eigenvalue weighted by Gasteiger charge is 2.24. The van der Waals surface area contributed by atoms with E-state index in [2.05, 4.69) is 36.2 Å². The van der Waals surface area contributed by atoms with Crippen LogP contribution in [0.4, 0.5) is 0 Å². The van der Waals surface area contributed by atoms with Crippen molar-refractivity contribution in [1.29, 1.82) is 0 Å². The van der Waals surface area contributed by atoms with Gasteiger partial charge in [0.1, 0.15) is 0 Å². The van der Waals surface area contributed by atoms with Gasteiger partial charge in [-0.3, -0.25) is 4.90 Å². The van der Waals surface area contributed by atoms with Crippen LogP contribution in [0.1, 0.15) is 46.0 Å². The largest absolute Gasteiger partial charge is 0.314 e. The van der Waals surface area contributed by atoms with Gasteiger partial charge in [0.25, 0.3) is 0 Å². The summed E-state index contributed by atoms with van der Waals surface area (Å²) in [6.07, 6.45) is 11.7. The van der Waals surface area contributed by atoms with Crippen LogP contribution in [0, 0.1) is 5.92 Å². The maximum atomic E-state index is 3.59. The van der Waals surface area contributed by atoms with Crippen LogP contribution in [0.5, 0.6) is 0 Å². The van der Waals surface area contributed by atoms with Gasteiger partial charge in [0, 0.05) is 18.6 Å². The van der Waals surface area contributed by atoms with Gasteiger partial charge in [0.05, 0.1) is 0 Å². The molecule has 2 aliphatic rings. The number of piperidine rings is 1. The van der Waals surface area contributed by atoms with Crippen LogP contribution in [0.15, 0.2) is 12.2 Å². The Morgan fingerprint density at radius 2 is 2.18 bits per heavy atom. The molecule has 0 saturated carbocycles. The molecule has 2 heteroatoms. The molecule has 2 unspecified atom stereocenters. The number of nitrogens with one attached hydrogen (secondary N) is 1. The molecule has 0 aromatic rings. The topological polar surface area (TPSA) is 15.3 Å². The number of nitrogens with zero attached hydrogens (tertiary/aromatic N) is 1. The fourth-order valence-corrected chi connectivity index (χ4v) is 3.07. The van der Waals surface area contributed by atoms with Crippen LogP contribution in [0.2, 0.25) is 0 Å². The molecule has 2 nitrogen and oxygen atoms in total. The second-order valence-electron chi connectivity index (χ2n) is 5.99. The summed E-state index contributed by atoms with van der Waals surface area (Å²) in [6.45, 7) is 8.29. The molecule has 0 aromatic carbocycles. The molecule has 1 fully saturated rings. The summed E-state index contributed by atoms with van der Waals surface area (Å²) in [5, 5.41) is 3.59. The summed E-state index contributed by atoms with van der Waals surface area (Å²) in [4.78, 5) is 2.71. The van der Waals surface area contributed by atoms with E-state index in [0.29, 0.717) is 6.04 Å². The van der Waals surface area contributed by atoms with E-state index >= 15 is 0 Å². The van der Waals surface area contributed by atoms with Gasteiger partial charge in [0.15, 0.2) is 0 Å². The van der Waals surface area contributed by atoms with Gasteiger partial charge in [-0.2, -0.15) is 0 Å². The lowest BCUT2D eigenvalue weighted by molar-refractivity contribution is 0.134. The summed E-state index contributed by atoms with van der Waals surface area (Å²) in [7, 11) is 0. The average molecular weight is 236 g/mol. The third-order valence-corrected chi connectivity index (χ3v) is 4.06. The first-order valence-corrected chi connectivity index (χ1v) is 7.40. The molecule has 1 saturated heterocycles. The summed E-state index contributed by atoms with van der Waals surface area (Å²) in [5.41, 5.74) is 0. The third kappa shape index (κ3) is 4.11. The second-order valence-corrected chi connectivity index (χ2v) is 5.99. The van der Waals surface area contributed by atoms with Crippen molar-refractivity contribution >= 4 is 0 Å². The Labute approximate surface area is 106 Å². The van der Waals surface area contributed by atoms with Crippen LogP contribution >= 0.6 is 0 Å². The van der Waals surface area contributed by atoms with Crippen molar-refractivity contribution in [2.75, 3.05) is 19.6 Å². The minimum Gasteiger partial charge on any atom is -0.314 e. The SMILES string of the molecule is CC(C)NCC1CCCN(C2C=CCCC2)C1. The van der Waals surface area contributed by atoms with Crippen LogP contribution in [0.3, 0.4) is 0 Å². The summed E-state index contributed by atoms with van der Waals surface area (Å²) >= 11 is 0. The monoisotopic (exact) mass is 236 g/mol. The highest BCUT2D eigenvalue weighted by molar-refractivity contribution is 4.99. The molecule has 2 rings (SSSR count). The van der Waals surface area contributed by atoms with Gasteiger partial charge in [-0.25, -0.2) is 0 Å². The van der Waals surface area contributed by atoms with E-state index < -0.39 is 0 Å². The van der Waals surface area contributed by atoms with Gasteiger partial charge >= 0.3 is 0 Å². The van der Waals surface area contributed by atoms with Gasteiger partial charge in [-0.15, -0.1) is 0 Å². The fraction of sp³-hybridized carbons (Fsp3) is 0.867. The lowest BCUT2D eigenvalue weighted by Gasteiger charge is -2.38. The zero-order valence-corrected chi connectivity index (χ0v) is 11.5. The smallest absolute Gasteiger partial charge is 0.0278 e. The summed E-state index contributed by atoms with van der Waals surface area (Å²) in [5.74, 6) is 0.862. The lowest BCUT2D eigenvalue weighted by Crippen LogP contribution is -2.45. The molecular weight excluding hydrogens is 208 g/mol. The van der Waals surface area contributed by atoms with Crippen molar-refractivity contribution in [2.24, 2.45) is 5.92 Å². The summed E-state index contributed by atoms with van der Waals surface area (Å²) < 4.78 is 0. The van der Waals surface area contributed by atoms with Crippen molar-refractivity contribution in [3.63, 3.8) is 0 Å². The van der Waals surface area contributed by atoms with Crippen LogP contribution < -0.4 is 5.32 Å². The van der Waals surface area contributed by atoms with Gasteiger partial charge in [0.2, 0.25) is 0 Å². The minimum atomic E-state index is 0.625. The molecule has 1 aliphatic heterocycles. The standard InChI is InChI=1S/C15H28N2/c1-13(2)16-11-14-7-6-10-17(12-14)15-8-4-3-5-9-15/h4,8,13-16H,3,5-7,9-12H2,1-2H3. The maximum absolute atomic E-state index is 3.59. The molecule has 0 amide bonds. The second kappa shape index (κ2) is 6.55. The number of rotatable bonds is 4. The molecule has 0 radical (unpaired) electrons. The first-order valence-electron chi connectivity index (χ1n) is 7.40. The number of hydrogen-bond acceptors (Lipinski definition) is 2. The Kier molecular flexibility index (Phi) is 5.05. The molecule has 0 spiro atoms. The Bertz CT molecular complexity index is 247. The lowest BCUT2D eigenvalue weighted by atomic mass is 9.93. The Balaban J connectivity index is 1.79. The minimum absolute atomic E-state index is 0.625. The van der Waals surface area contributed by atoms with E-state index in [-0.39, 0.29) is 0 Å². The molecule has 2 atom stereocenters. The third-order valence-electron chi connectivity index (χ3n) is 4.06. The molecule has 1 aliphatic carbocycles. The Hall–Kier alpha value is -0.340. The molecule has 17 heavy (non-hydrogen) atoms. The molecular formula is C15H28N2. The Morgan fingerprint density at radius 1 is 1.29 bits per heavy atom. The van der Waals surface area contributed by atoms with E-state index in [1.165, 1.54) is 51.7 Å². The predicted octanol–water partition coefficient (Wildman–Crippen LogP) is 2.81. The first kappa shape index (κ1) is 13.1. The summed E-state index contributed by atoms with van der Waals surface area (Å²) in [6, 6.07) is 1.37. The van der Waals surface area contributed by atoms with Gasteiger partial charge in [-0.1, -0.05) is 26.0 Å². The maximum Gasteiger partial charge on any atom is 0.0278 e. The zero-order valence-electron chi connectivity index (χ0n) is 11.5. The van der Waals surface area contributed by atoms with Gasteiger partial charge in [-0.05, 0) is 51.1 Å². The van der Waals surface area contributed by atoms with Crippen molar-refractivity contribution in [2.45, 2.75) is 58.0 Å². The molecule has 0 aromatic heterocycles. The highest BCUT2D eigenvalue weighted by atomic mass is 15.2. The number of likely N-dealkylation sites (tertiary alicyclic amines) is 1. The van der Waals surface area contributed by atoms with E-state index in [9.17, 15) is 0 Å².